The number of nitrogens with one attached hydrogen (secondary N) is 1. The molecule has 2 amide bonds. The smallest absolute Gasteiger partial charge is 0.239 e. The third-order valence-electron chi connectivity index (χ3n) is 7.13. The van der Waals surface area contributed by atoms with E-state index < -0.39 is 23.6 Å². The van der Waals surface area contributed by atoms with Crippen LogP contribution in [0.25, 0.3) is 0 Å². The molecule has 1 aromatic heterocycles. The number of aliphatic hydroxyl groups excluding tert-OH is 1. The Bertz CT molecular complexity index is 1070. The fourth-order valence-electron chi connectivity index (χ4n) is 4.97. The normalized spacial score (nSPS) is 17.1. The Hall–Kier alpha value is -2.62. The van der Waals surface area contributed by atoms with Gasteiger partial charge in [0.2, 0.25) is 11.8 Å². The Balaban J connectivity index is 1.93. The zero-order chi connectivity index (χ0) is 27.9. The summed E-state index contributed by atoms with van der Waals surface area (Å²) < 4.78 is 0. The molecule has 1 aliphatic heterocycles. The van der Waals surface area contributed by atoms with Gasteiger partial charge in [-0.1, -0.05) is 18.2 Å². The van der Waals surface area contributed by atoms with E-state index in [4.69, 9.17) is 5.73 Å². The van der Waals surface area contributed by atoms with Gasteiger partial charge in [-0.15, -0.1) is 0 Å². The summed E-state index contributed by atoms with van der Waals surface area (Å²) in [5.41, 5.74) is 8.78. The number of pyridine rings is 1. The topological polar surface area (TPSA) is 112 Å². The lowest BCUT2D eigenvalue weighted by atomic mass is 9.85. The Morgan fingerprint density at radius 1 is 1.26 bits per heavy atom. The number of rotatable bonds is 13. The molecular formula is C29H43N5O3S. The maximum Gasteiger partial charge on any atom is 0.239 e. The standard InChI is InChI=1S/C29H43N5O3S/c1-6-33(7-2)24-13-10-11-20-17-21(27(36)34(26(20)24)19-22-12-8-9-15-31-22)18-25(35)23(14-16-38-5)32-28(37)29(3,4)30/h8-13,15,21,23,25,35H,6-7,14,16-19,30H2,1-5H3,(H,32,37)/t21?,23-,25+/m1/s1. The van der Waals surface area contributed by atoms with Crippen LogP contribution in [0.15, 0.2) is 42.6 Å². The molecular weight excluding hydrogens is 498 g/mol. The largest absolute Gasteiger partial charge is 0.391 e. The minimum atomic E-state index is -1.06. The van der Waals surface area contributed by atoms with Crippen molar-refractivity contribution in [1.29, 1.82) is 0 Å². The van der Waals surface area contributed by atoms with Crippen molar-refractivity contribution in [1.82, 2.24) is 10.3 Å². The lowest BCUT2D eigenvalue weighted by Gasteiger charge is -2.39. The summed E-state index contributed by atoms with van der Waals surface area (Å²) in [7, 11) is 0. The van der Waals surface area contributed by atoms with E-state index in [1.807, 2.05) is 35.4 Å². The lowest BCUT2D eigenvalue weighted by molar-refractivity contribution is -0.127. The first kappa shape index (κ1) is 29.9. The number of para-hydroxylation sites is 1. The van der Waals surface area contributed by atoms with E-state index in [0.29, 0.717) is 19.4 Å². The van der Waals surface area contributed by atoms with Crippen molar-refractivity contribution in [3.05, 3.63) is 53.9 Å². The van der Waals surface area contributed by atoms with Gasteiger partial charge < -0.3 is 26.0 Å². The number of fused-ring (bicyclic) bond motifs is 1. The molecule has 4 N–H and O–H groups in total. The minimum absolute atomic E-state index is 0.0316. The molecule has 0 saturated carbocycles. The van der Waals surface area contributed by atoms with Crippen LogP contribution >= 0.6 is 11.8 Å². The third-order valence-corrected chi connectivity index (χ3v) is 7.77. The summed E-state index contributed by atoms with van der Waals surface area (Å²) in [6.45, 7) is 9.52. The molecule has 8 nitrogen and oxygen atoms in total. The number of nitrogens with two attached hydrogens (primary N) is 1. The monoisotopic (exact) mass is 541 g/mol. The number of carbonyl (C=O) groups excluding carboxylic acids is 2. The second-order valence-corrected chi connectivity index (χ2v) is 11.5. The molecule has 1 aromatic carbocycles. The van der Waals surface area contributed by atoms with Crippen molar-refractivity contribution in [2.24, 2.45) is 11.7 Å². The van der Waals surface area contributed by atoms with Crippen LogP contribution in [-0.4, -0.2) is 64.7 Å². The highest BCUT2D eigenvalue weighted by molar-refractivity contribution is 7.98. The maximum atomic E-state index is 14.1. The second-order valence-electron chi connectivity index (χ2n) is 10.5. The van der Waals surface area contributed by atoms with Gasteiger partial charge in [-0.05, 0) is 82.7 Å². The van der Waals surface area contributed by atoms with Gasteiger partial charge in [0.1, 0.15) is 0 Å². The van der Waals surface area contributed by atoms with Gasteiger partial charge in [-0.3, -0.25) is 14.6 Å². The molecule has 9 heteroatoms. The summed E-state index contributed by atoms with van der Waals surface area (Å²) in [6.07, 6.45) is 4.21. The SMILES string of the molecule is CCN(CC)c1cccc2c1N(Cc1ccccn1)C(=O)C(C[C@H](O)[C@@H](CCSC)NC(=O)C(C)(C)N)C2. The fraction of sp³-hybridized carbons (Fsp3) is 0.552. The Kier molecular flexibility index (Phi) is 10.6. The number of thioether (sulfide) groups is 1. The number of nitrogens with zero attached hydrogens (tertiary/aromatic N) is 3. The molecule has 3 atom stereocenters. The van der Waals surface area contributed by atoms with Crippen molar-refractivity contribution in [3.63, 3.8) is 0 Å². The number of hydrogen-bond donors (Lipinski definition) is 3. The zero-order valence-corrected chi connectivity index (χ0v) is 24.1. The first-order chi connectivity index (χ1) is 18.1. The van der Waals surface area contributed by atoms with Gasteiger partial charge in [0.05, 0.1) is 41.3 Å². The number of aliphatic hydroxyl groups is 1. The van der Waals surface area contributed by atoms with E-state index in [1.165, 1.54) is 0 Å². The molecule has 3 rings (SSSR count). The minimum Gasteiger partial charge on any atom is -0.391 e. The van der Waals surface area contributed by atoms with Crippen molar-refractivity contribution in [2.75, 3.05) is 34.9 Å². The molecule has 0 fully saturated rings. The molecule has 2 aromatic rings. The van der Waals surface area contributed by atoms with Crippen LogP contribution in [-0.2, 0) is 22.6 Å². The van der Waals surface area contributed by atoms with E-state index in [2.05, 4.69) is 41.2 Å². The molecule has 2 heterocycles. The highest BCUT2D eigenvalue weighted by Gasteiger charge is 2.38. The second kappa shape index (κ2) is 13.4. The molecule has 208 valence electrons. The Morgan fingerprint density at radius 2 is 2.00 bits per heavy atom. The zero-order valence-electron chi connectivity index (χ0n) is 23.3. The summed E-state index contributed by atoms with van der Waals surface area (Å²) in [5, 5.41) is 14.2. The van der Waals surface area contributed by atoms with Crippen LogP contribution in [0.5, 0.6) is 0 Å². The van der Waals surface area contributed by atoms with Crippen LogP contribution in [0.4, 0.5) is 11.4 Å². The quantitative estimate of drug-likeness (QED) is 0.357. The van der Waals surface area contributed by atoms with Gasteiger partial charge in [-0.2, -0.15) is 11.8 Å². The molecule has 38 heavy (non-hydrogen) atoms. The van der Waals surface area contributed by atoms with Crippen molar-refractivity contribution >= 4 is 35.0 Å². The molecule has 1 unspecified atom stereocenters. The number of anilines is 2. The number of hydrogen-bond acceptors (Lipinski definition) is 7. The van der Waals surface area contributed by atoms with Crippen molar-refractivity contribution in [2.45, 2.75) is 71.2 Å². The molecule has 0 spiro atoms. The number of carbonyl (C=O) groups is 2. The van der Waals surface area contributed by atoms with Crippen molar-refractivity contribution < 1.29 is 14.7 Å². The summed E-state index contributed by atoms with van der Waals surface area (Å²) in [6, 6.07) is 11.4. The third kappa shape index (κ3) is 7.27. The van der Waals surface area contributed by atoms with E-state index in [-0.39, 0.29) is 18.2 Å². The van der Waals surface area contributed by atoms with Gasteiger partial charge in [0, 0.05) is 25.2 Å². The molecule has 1 aliphatic rings. The highest BCUT2D eigenvalue weighted by atomic mass is 32.2. The first-order valence-corrected chi connectivity index (χ1v) is 14.8. The number of amides is 2. The highest BCUT2D eigenvalue weighted by Crippen LogP contribution is 2.41. The van der Waals surface area contributed by atoms with E-state index >= 15 is 0 Å². The molecule has 0 saturated heterocycles. The summed E-state index contributed by atoms with van der Waals surface area (Å²) in [4.78, 5) is 35.3. The maximum absolute atomic E-state index is 14.1. The predicted molar refractivity (Wildman–Crippen MR) is 156 cm³/mol. The van der Waals surface area contributed by atoms with E-state index in [1.54, 1.807) is 31.8 Å². The Labute approximate surface area is 231 Å². The van der Waals surface area contributed by atoms with Crippen LogP contribution in [0.2, 0.25) is 0 Å². The number of aromatic nitrogens is 1. The van der Waals surface area contributed by atoms with Gasteiger partial charge in [0.15, 0.2) is 0 Å². The van der Waals surface area contributed by atoms with E-state index in [0.717, 1.165) is 41.5 Å². The fourth-order valence-corrected chi connectivity index (χ4v) is 5.46. The van der Waals surface area contributed by atoms with Gasteiger partial charge in [0.25, 0.3) is 0 Å². The first-order valence-electron chi connectivity index (χ1n) is 13.5. The number of benzene rings is 1. The molecule has 0 aliphatic carbocycles. The van der Waals surface area contributed by atoms with Crippen LogP contribution in [0.1, 0.15) is 51.8 Å². The van der Waals surface area contributed by atoms with Crippen molar-refractivity contribution in [3.8, 4) is 0 Å². The summed E-state index contributed by atoms with van der Waals surface area (Å²) >= 11 is 1.65. The average Bonchev–Trinajstić information content (AvgIpc) is 2.89. The van der Waals surface area contributed by atoms with Gasteiger partial charge >= 0.3 is 0 Å². The average molecular weight is 542 g/mol. The van der Waals surface area contributed by atoms with Gasteiger partial charge in [-0.25, -0.2) is 0 Å². The van der Waals surface area contributed by atoms with Crippen LogP contribution in [0.3, 0.4) is 0 Å². The predicted octanol–water partition coefficient (Wildman–Crippen LogP) is 3.36. The van der Waals surface area contributed by atoms with Crippen LogP contribution < -0.4 is 20.9 Å². The van der Waals surface area contributed by atoms with E-state index in [9.17, 15) is 14.7 Å². The molecule has 0 radical (unpaired) electrons. The Morgan fingerprint density at radius 3 is 2.61 bits per heavy atom. The summed E-state index contributed by atoms with van der Waals surface area (Å²) in [5.74, 6) is 0.000252. The lowest BCUT2D eigenvalue weighted by Crippen LogP contribution is -2.55. The van der Waals surface area contributed by atoms with Crippen LogP contribution in [0, 0.1) is 5.92 Å². The molecule has 0 bridgehead atoms.